The fraction of sp³-hybridized carbons (Fsp3) is 0.364. The van der Waals surface area contributed by atoms with Gasteiger partial charge in [0.25, 0.3) is 0 Å². The Morgan fingerprint density at radius 3 is 2.35 bits per heavy atom. The Hall–Kier alpha value is -1.95. The first-order chi connectivity index (χ1) is 14.8. The minimum atomic E-state index is -2.91. The van der Waals surface area contributed by atoms with Crippen LogP contribution in [0.25, 0.3) is 0 Å². The molecular weight excluding hydrogens is 457 g/mol. The van der Waals surface area contributed by atoms with Crippen molar-refractivity contribution in [2.75, 3.05) is 12.3 Å². The normalized spacial score (nSPS) is 27.1. The minimum absolute atomic E-state index is 0.224. The van der Waals surface area contributed by atoms with Crippen LogP contribution in [0.3, 0.4) is 0 Å². The van der Waals surface area contributed by atoms with Crippen LogP contribution in [0.15, 0.2) is 40.8 Å². The van der Waals surface area contributed by atoms with Crippen molar-refractivity contribution >= 4 is 39.8 Å². The lowest BCUT2D eigenvalue weighted by Gasteiger charge is -2.57. The highest BCUT2D eigenvalue weighted by Gasteiger charge is 2.52. The summed E-state index contributed by atoms with van der Waals surface area (Å²) in [6, 6.07) is 13.4. The van der Waals surface area contributed by atoms with Gasteiger partial charge in [-0.05, 0) is 43.4 Å². The predicted molar refractivity (Wildman–Crippen MR) is 123 cm³/mol. The number of ether oxygens (including phenoxy) is 1. The predicted octanol–water partition coefficient (Wildman–Crippen LogP) is 6.23. The van der Waals surface area contributed by atoms with Crippen molar-refractivity contribution in [2.45, 2.75) is 37.1 Å². The lowest BCUT2D eigenvalue weighted by Crippen LogP contribution is -2.62. The summed E-state index contributed by atoms with van der Waals surface area (Å²) in [7, 11) is -2.91. The Labute approximate surface area is 192 Å². The molecule has 2 N–H and O–H groups in total. The molecule has 2 saturated heterocycles. The smallest absolute Gasteiger partial charge is 0.135 e. The van der Waals surface area contributed by atoms with E-state index in [9.17, 15) is 9.11 Å². The molecule has 3 fully saturated rings. The van der Waals surface area contributed by atoms with Gasteiger partial charge in [-0.2, -0.15) is 5.26 Å². The number of rotatable bonds is 3. The third-order valence-electron chi connectivity index (χ3n) is 6.56. The zero-order valence-electron chi connectivity index (χ0n) is 16.6. The molecule has 9 heteroatoms. The van der Waals surface area contributed by atoms with Crippen LogP contribution in [0.4, 0.5) is 0 Å². The summed E-state index contributed by atoms with van der Waals surface area (Å²) in [4.78, 5) is 2.29. The van der Waals surface area contributed by atoms with Gasteiger partial charge in [0.15, 0.2) is 0 Å². The molecule has 0 amide bonds. The first kappa shape index (κ1) is 20.9. The van der Waals surface area contributed by atoms with E-state index >= 15 is 0 Å². The van der Waals surface area contributed by atoms with Crippen molar-refractivity contribution in [1.29, 1.82) is 5.26 Å². The fourth-order valence-corrected chi connectivity index (χ4v) is 6.66. The number of fused-ring (bicyclic) bond motifs is 2. The number of halogens is 2. The van der Waals surface area contributed by atoms with Crippen molar-refractivity contribution < 1.29 is 13.8 Å². The first-order valence-electron chi connectivity index (χ1n) is 10.1. The van der Waals surface area contributed by atoms with Crippen LogP contribution in [0, 0.1) is 11.3 Å². The number of nitriles is 1. The van der Waals surface area contributed by atoms with E-state index in [1.54, 1.807) is 12.1 Å². The maximum absolute atomic E-state index is 10.3. The van der Waals surface area contributed by atoms with Gasteiger partial charge in [-0.3, -0.25) is 9.11 Å². The summed E-state index contributed by atoms with van der Waals surface area (Å²) in [5.74, 6) is 2.22. The monoisotopic (exact) mass is 477 g/mol. The lowest BCUT2D eigenvalue weighted by molar-refractivity contribution is 0.150. The van der Waals surface area contributed by atoms with E-state index in [2.05, 4.69) is 9.30 Å². The number of hydrogen-bond acceptors (Lipinski definition) is 6. The van der Waals surface area contributed by atoms with Crippen molar-refractivity contribution in [3.8, 4) is 17.6 Å². The van der Waals surface area contributed by atoms with E-state index in [4.69, 9.17) is 33.2 Å². The second-order valence-electron chi connectivity index (χ2n) is 8.26. The zero-order valence-corrected chi connectivity index (χ0v) is 18.9. The van der Waals surface area contributed by atoms with Crippen LogP contribution in [-0.2, 0) is 5.41 Å². The molecule has 0 spiro atoms. The molecule has 162 valence electrons. The fourth-order valence-electron chi connectivity index (χ4n) is 5.02. The molecule has 1 aliphatic carbocycles. The Kier molecular flexibility index (Phi) is 5.11. The molecule has 0 aromatic heterocycles. The number of amidine groups is 1. The zero-order chi connectivity index (χ0) is 21.8. The molecule has 3 aliphatic heterocycles. The van der Waals surface area contributed by atoms with Gasteiger partial charge in [-0.25, -0.2) is 0 Å². The standard InChI is InChI=1S/C22H21Cl2N3O3S/c23-19-11-17(12-20(24)18(19)13-25)30-16-3-1-14(2-4-16)22-7-5-15(6-8-22)27-9-10-31(28,29)26-21(22)27/h1-4,11-12,15,28-29H,5-10H2. The van der Waals surface area contributed by atoms with E-state index in [0.29, 0.717) is 29.8 Å². The Bertz CT molecular complexity index is 1080. The number of nitrogens with zero attached hydrogens (tertiary/aromatic N) is 3. The molecule has 31 heavy (non-hydrogen) atoms. The Balaban J connectivity index is 1.45. The Morgan fingerprint density at radius 2 is 1.74 bits per heavy atom. The molecule has 6 nitrogen and oxygen atoms in total. The summed E-state index contributed by atoms with van der Waals surface area (Å²) >= 11 is 12.2. The molecule has 0 atom stereocenters. The number of benzene rings is 2. The quantitative estimate of drug-likeness (QED) is 0.546. The van der Waals surface area contributed by atoms with E-state index < -0.39 is 10.8 Å². The van der Waals surface area contributed by atoms with E-state index in [1.807, 2.05) is 30.3 Å². The van der Waals surface area contributed by atoms with Gasteiger partial charge in [0.05, 0.1) is 26.8 Å². The van der Waals surface area contributed by atoms with Crippen LogP contribution in [0.1, 0.15) is 36.8 Å². The van der Waals surface area contributed by atoms with Gasteiger partial charge in [0.1, 0.15) is 23.4 Å². The molecular formula is C22H21Cl2N3O3S. The highest BCUT2D eigenvalue weighted by molar-refractivity contribution is 8.23. The second-order valence-corrected chi connectivity index (χ2v) is 10.9. The molecule has 2 bridgehead atoms. The molecule has 4 aliphatic rings. The minimum Gasteiger partial charge on any atom is -0.457 e. The average Bonchev–Trinajstić information content (AvgIpc) is 2.74. The van der Waals surface area contributed by atoms with Gasteiger partial charge in [-0.1, -0.05) is 46.1 Å². The summed E-state index contributed by atoms with van der Waals surface area (Å²) in [6.45, 7) is 0.648. The lowest BCUT2D eigenvalue weighted by atomic mass is 9.63. The number of hydrogen-bond donors (Lipinski definition) is 2. The van der Waals surface area contributed by atoms with Crippen molar-refractivity contribution in [3.63, 3.8) is 0 Å². The van der Waals surface area contributed by atoms with Crippen LogP contribution in [-0.4, -0.2) is 38.2 Å². The summed E-state index contributed by atoms with van der Waals surface area (Å²) < 4.78 is 30.9. The third-order valence-corrected chi connectivity index (χ3v) is 8.35. The SMILES string of the molecule is N#Cc1c(Cl)cc(Oc2ccc(C34CCC(CC3)N3CCS(O)(O)N=C34)cc2)cc1Cl. The van der Waals surface area contributed by atoms with Crippen molar-refractivity contribution in [1.82, 2.24) is 4.90 Å². The van der Waals surface area contributed by atoms with Gasteiger partial charge in [-0.15, -0.1) is 4.40 Å². The first-order valence-corrected chi connectivity index (χ1v) is 12.5. The maximum atomic E-state index is 10.3. The highest BCUT2D eigenvalue weighted by atomic mass is 35.5. The van der Waals surface area contributed by atoms with Gasteiger partial charge >= 0.3 is 0 Å². The van der Waals surface area contributed by atoms with Crippen molar-refractivity contribution in [3.05, 3.63) is 57.6 Å². The van der Waals surface area contributed by atoms with Gasteiger partial charge < -0.3 is 9.64 Å². The molecule has 1 saturated carbocycles. The summed E-state index contributed by atoms with van der Waals surface area (Å²) in [5, 5.41) is 9.59. The second kappa shape index (κ2) is 7.58. The Morgan fingerprint density at radius 1 is 1.10 bits per heavy atom. The molecule has 2 aromatic carbocycles. The molecule has 3 heterocycles. The van der Waals surface area contributed by atoms with E-state index in [-0.39, 0.29) is 21.0 Å². The van der Waals surface area contributed by atoms with Crippen molar-refractivity contribution in [2.24, 2.45) is 4.40 Å². The average molecular weight is 478 g/mol. The molecule has 0 unspecified atom stereocenters. The highest BCUT2D eigenvalue weighted by Crippen LogP contribution is 2.54. The van der Waals surface area contributed by atoms with E-state index in [1.165, 1.54) is 0 Å². The molecule has 6 rings (SSSR count). The van der Waals surface area contributed by atoms with E-state index in [0.717, 1.165) is 37.1 Å². The van der Waals surface area contributed by atoms with Crippen LogP contribution in [0.5, 0.6) is 11.5 Å². The van der Waals surface area contributed by atoms with Gasteiger partial charge in [0, 0.05) is 24.7 Å². The summed E-state index contributed by atoms with van der Waals surface area (Å²) in [5.41, 5.74) is 1.04. The van der Waals surface area contributed by atoms with Crippen LogP contribution < -0.4 is 4.74 Å². The molecule has 0 radical (unpaired) electrons. The largest absolute Gasteiger partial charge is 0.457 e. The molecule has 2 aromatic rings. The summed E-state index contributed by atoms with van der Waals surface area (Å²) in [6.07, 6.45) is 4.06. The maximum Gasteiger partial charge on any atom is 0.135 e. The van der Waals surface area contributed by atoms with Gasteiger partial charge in [0.2, 0.25) is 0 Å². The third kappa shape index (κ3) is 3.57. The number of piperidine rings is 2. The van der Waals surface area contributed by atoms with Crippen LogP contribution >= 0.6 is 34.0 Å². The topological polar surface area (TPSA) is 89.1 Å². The van der Waals surface area contributed by atoms with Crippen LogP contribution in [0.2, 0.25) is 10.0 Å².